The molecule has 2 atom stereocenters. The van der Waals surface area contributed by atoms with Crippen molar-refractivity contribution in [3.8, 4) is 17.2 Å². The van der Waals surface area contributed by atoms with Gasteiger partial charge in [-0.25, -0.2) is 4.79 Å². The van der Waals surface area contributed by atoms with E-state index in [9.17, 15) is 22.8 Å². The van der Waals surface area contributed by atoms with Crippen LogP contribution in [0, 0.1) is 0 Å². The summed E-state index contributed by atoms with van der Waals surface area (Å²) in [5.41, 5.74) is 0.310. The maximum atomic E-state index is 13.0. The van der Waals surface area contributed by atoms with Crippen molar-refractivity contribution >= 4 is 12.0 Å². The summed E-state index contributed by atoms with van der Waals surface area (Å²) in [4.78, 5) is 31.6. The van der Waals surface area contributed by atoms with E-state index in [4.69, 9.17) is 9.26 Å². The maximum absolute atomic E-state index is 13.0. The molecule has 1 aliphatic heterocycles. The zero-order valence-corrected chi connectivity index (χ0v) is 22.0. The average molecular weight is 564 g/mol. The number of hydrogen-bond donors (Lipinski definition) is 1. The summed E-state index contributed by atoms with van der Waals surface area (Å²) < 4.78 is 54.8. The number of nitrogens with one attached hydrogen (secondary N) is 1. The van der Waals surface area contributed by atoms with E-state index in [1.807, 2.05) is 0 Å². The summed E-state index contributed by atoms with van der Waals surface area (Å²) in [6.07, 6.45) is -0.0373. The van der Waals surface area contributed by atoms with Gasteiger partial charge in [0.1, 0.15) is 11.4 Å². The van der Waals surface area contributed by atoms with E-state index in [0.29, 0.717) is 13.0 Å². The Bertz CT molecular complexity index is 1370. The van der Waals surface area contributed by atoms with Gasteiger partial charge in [-0.15, -0.1) is 18.3 Å². The van der Waals surface area contributed by atoms with Crippen LogP contribution in [0.15, 0.2) is 35.1 Å². The fraction of sp³-hybridized carbons (Fsp3) is 0.520. The summed E-state index contributed by atoms with van der Waals surface area (Å²) in [6.45, 7) is 5.81. The van der Waals surface area contributed by atoms with Gasteiger partial charge in [0, 0.05) is 24.3 Å². The number of carbonyl (C=O) groups excluding carboxylic acids is 2. The molecule has 1 N–H and O–H groups in total. The van der Waals surface area contributed by atoms with Crippen LogP contribution in [0.25, 0.3) is 11.5 Å². The predicted octanol–water partition coefficient (Wildman–Crippen LogP) is 3.91. The van der Waals surface area contributed by atoms with Crippen LogP contribution in [-0.2, 0) is 11.3 Å². The molecular formula is C25H28F3N7O5. The van der Waals surface area contributed by atoms with E-state index in [1.165, 1.54) is 29.3 Å². The molecule has 3 aromatic rings. The van der Waals surface area contributed by atoms with Crippen molar-refractivity contribution in [2.45, 2.75) is 76.5 Å². The number of likely N-dealkylation sites (tertiary alicyclic amines) is 1. The van der Waals surface area contributed by atoms with Crippen molar-refractivity contribution in [3.63, 3.8) is 0 Å². The molecule has 1 saturated heterocycles. The third kappa shape index (κ3) is 6.69. The number of benzene rings is 1. The second-order valence-corrected chi connectivity index (χ2v) is 10.8. The van der Waals surface area contributed by atoms with Crippen LogP contribution in [0.1, 0.15) is 62.1 Å². The minimum atomic E-state index is -4.86. The molecule has 5 rings (SSSR count). The topological polar surface area (TPSA) is 138 Å². The summed E-state index contributed by atoms with van der Waals surface area (Å²) in [5.74, 6) is -1.31. The first-order valence-electron chi connectivity index (χ1n) is 12.7. The van der Waals surface area contributed by atoms with Crippen molar-refractivity contribution in [1.82, 2.24) is 35.4 Å². The lowest BCUT2D eigenvalue weighted by Gasteiger charge is -2.28. The van der Waals surface area contributed by atoms with Crippen molar-refractivity contribution in [3.05, 3.63) is 42.0 Å². The molecule has 0 spiro atoms. The summed E-state index contributed by atoms with van der Waals surface area (Å²) in [5, 5.41) is 14.3. The molecule has 1 aliphatic carbocycles. The molecule has 2 amide bonds. The fourth-order valence-electron chi connectivity index (χ4n) is 4.63. The first kappa shape index (κ1) is 27.4. The Morgan fingerprint density at radius 2 is 1.98 bits per heavy atom. The van der Waals surface area contributed by atoms with Crippen LogP contribution >= 0.6 is 0 Å². The van der Waals surface area contributed by atoms with Gasteiger partial charge in [-0.05, 0) is 63.6 Å². The van der Waals surface area contributed by atoms with Crippen molar-refractivity contribution in [2.24, 2.45) is 0 Å². The number of carbonyl (C=O) groups is 2. The smallest absolute Gasteiger partial charge is 0.444 e. The van der Waals surface area contributed by atoms with E-state index in [1.54, 1.807) is 31.6 Å². The normalized spacial score (nSPS) is 19.5. The molecule has 214 valence electrons. The minimum absolute atomic E-state index is 0.0921. The van der Waals surface area contributed by atoms with Gasteiger partial charge in [0.05, 0.1) is 18.8 Å². The van der Waals surface area contributed by atoms with Crippen molar-refractivity contribution in [2.75, 3.05) is 6.54 Å². The number of nitrogens with zero attached hydrogens (tertiary/aromatic N) is 6. The van der Waals surface area contributed by atoms with Gasteiger partial charge in [0.15, 0.2) is 0 Å². The van der Waals surface area contributed by atoms with Crippen LogP contribution in [0.4, 0.5) is 18.0 Å². The molecule has 3 heterocycles. The third-order valence-corrected chi connectivity index (χ3v) is 6.38. The highest BCUT2D eigenvalue weighted by Gasteiger charge is 2.39. The monoisotopic (exact) mass is 563 g/mol. The maximum Gasteiger partial charge on any atom is 0.573 e. The second kappa shape index (κ2) is 10.4. The largest absolute Gasteiger partial charge is 0.573 e. The quantitative estimate of drug-likeness (QED) is 0.453. The van der Waals surface area contributed by atoms with Crippen LogP contribution in [0.3, 0.4) is 0 Å². The number of aromatic nitrogens is 5. The van der Waals surface area contributed by atoms with Crippen molar-refractivity contribution in [1.29, 1.82) is 0 Å². The van der Waals surface area contributed by atoms with Gasteiger partial charge in [0.25, 0.3) is 17.6 Å². The molecule has 2 fully saturated rings. The third-order valence-electron chi connectivity index (χ3n) is 6.38. The lowest BCUT2D eigenvalue weighted by molar-refractivity contribution is -0.274. The molecule has 1 unspecified atom stereocenters. The van der Waals surface area contributed by atoms with Gasteiger partial charge in [0.2, 0.25) is 0 Å². The fourth-order valence-corrected chi connectivity index (χ4v) is 4.63. The Morgan fingerprint density at radius 3 is 2.62 bits per heavy atom. The number of halogens is 3. The zero-order valence-electron chi connectivity index (χ0n) is 22.0. The van der Waals surface area contributed by atoms with E-state index in [-0.39, 0.29) is 35.8 Å². The van der Waals surface area contributed by atoms with Gasteiger partial charge in [-0.3, -0.25) is 9.48 Å². The highest BCUT2D eigenvalue weighted by molar-refractivity contribution is 5.91. The highest BCUT2D eigenvalue weighted by Crippen LogP contribution is 2.45. The molecular weight excluding hydrogens is 535 g/mol. The Hall–Kier alpha value is -4.17. The Labute approximate surface area is 226 Å². The minimum Gasteiger partial charge on any atom is -0.444 e. The summed E-state index contributed by atoms with van der Waals surface area (Å²) in [6, 6.07) is 3.17. The molecule has 15 heteroatoms. The molecule has 2 aromatic heterocycles. The lowest BCUT2D eigenvalue weighted by Crippen LogP contribution is -2.43. The highest BCUT2D eigenvalue weighted by atomic mass is 19.4. The van der Waals surface area contributed by atoms with Crippen LogP contribution in [-0.4, -0.2) is 72.6 Å². The molecule has 2 aliphatic rings. The van der Waals surface area contributed by atoms with Gasteiger partial charge in [-0.2, -0.15) is 4.98 Å². The number of amides is 2. The Morgan fingerprint density at radius 1 is 1.20 bits per heavy atom. The van der Waals surface area contributed by atoms with E-state index in [0.717, 1.165) is 18.4 Å². The Balaban J connectivity index is 1.31. The van der Waals surface area contributed by atoms with Gasteiger partial charge in [-0.1, -0.05) is 16.4 Å². The van der Waals surface area contributed by atoms with E-state index in [2.05, 4.69) is 30.5 Å². The van der Waals surface area contributed by atoms with Crippen LogP contribution < -0.4 is 10.1 Å². The number of ether oxygens (including phenoxy) is 2. The Kier molecular flexibility index (Phi) is 7.14. The van der Waals surface area contributed by atoms with Crippen molar-refractivity contribution < 1.29 is 36.8 Å². The van der Waals surface area contributed by atoms with E-state index >= 15 is 0 Å². The number of hydrogen-bond acceptors (Lipinski definition) is 9. The molecule has 40 heavy (non-hydrogen) atoms. The standard InChI is InChI=1S/C25H28F3N7O5/c1-24(2,3)39-23(37)35-12-15(10-16(35)13-34-9-8-29-33-34)30-21(36)20-31-22(40-32-20)19-11-17(38-25(26,27)28)6-7-18(19)14-4-5-14/h6-9,11,14-16H,4-5,10,12-13H2,1-3H3,(H,30,36)/t15?,16-/m1/s1. The summed E-state index contributed by atoms with van der Waals surface area (Å²) >= 11 is 0. The summed E-state index contributed by atoms with van der Waals surface area (Å²) in [7, 11) is 0. The molecule has 1 aromatic carbocycles. The first-order chi connectivity index (χ1) is 18.8. The van der Waals surface area contributed by atoms with Gasteiger partial charge < -0.3 is 24.2 Å². The molecule has 0 radical (unpaired) electrons. The first-order valence-corrected chi connectivity index (χ1v) is 12.7. The second-order valence-electron chi connectivity index (χ2n) is 10.8. The number of rotatable bonds is 7. The van der Waals surface area contributed by atoms with Gasteiger partial charge >= 0.3 is 12.5 Å². The lowest BCUT2D eigenvalue weighted by atomic mass is 10.0. The molecule has 12 nitrogen and oxygen atoms in total. The molecule has 0 bridgehead atoms. The average Bonchev–Trinajstić information content (AvgIpc) is 3.21. The predicted molar refractivity (Wildman–Crippen MR) is 131 cm³/mol. The van der Waals surface area contributed by atoms with Crippen LogP contribution in [0.5, 0.6) is 5.75 Å². The van der Waals surface area contributed by atoms with Crippen LogP contribution in [0.2, 0.25) is 0 Å². The SMILES string of the molecule is CC(C)(C)OC(=O)N1CC(NC(=O)c2noc(-c3cc(OC(F)(F)F)ccc3C3CC3)n2)C[C@@H]1Cn1ccnn1. The van der Waals surface area contributed by atoms with E-state index < -0.39 is 35.8 Å². The molecule has 1 saturated carbocycles. The number of alkyl halides is 3. The zero-order chi connectivity index (χ0) is 28.7.